The van der Waals surface area contributed by atoms with E-state index in [1.807, 2.05) is 0 Å². The molecule has 6 aromatic rings. The van der Waals surface area contributed by atoms with E-state index in [9.17, 15) is 0 Å². The van der Waals surface area contributed by atoms with Gasteiger partial charge in [0.25, 0.3) is 0 Å². The molecule has 4 heteroatoms. The van der Waals surface area contributed by atoms with Crippen LogP contribution >= 0.6 is 17.2 Å². The van der Waals surface area contributed by atoms with Gasteiger partial charge in [-0.25, -0.2) is 9.97 Å². The van der Waals surface area contributed by atoms with Gasteiger partial charge in [-0.15, -0.1) is 9.24 Å². The van der Waals surface area contributed by atoms with Crippen molar-refractivity contribution in [3.63, 3.8) is 0 Å². The molecule has 4 aliphatic carbocycles. The summed E-state index contributed by atoms with van der Waals surface area (Å²) in [4.78, 5) is 10.8. The van der Waals surface area contributed by atoms with E-state index in [0.717, 1.165) is 40.9 Å². The van der Waals surface area contributed by atoms with E-state index in [1.165, 1.54) is 76.6 Å². The molecule has 4 aliphatic rings. The SMILES string of the molecule is CC(C)(c1ccccc1)c1ccc(C23CC4CC(CC(C4)C2CP)C3)c(CP(c2ccc3ccccc3n2)c2ccc3ccccc3n2)c1. The first-order valence-electron chi connectivity index (χ1n) is 18.3. The highest BCUT2D eigenvalue weighted by atomic mass is 31.1. The summed E-state index contributed by atoms with van der Waals surface area (Å²) < 4.78 is 0. The Morgan fingerprint density at radius 3 is 1.88 bits per heavy atom. The Labute approximate surface area is 295 Å². The van der Waals surface area contributed by atoms with E-state index in [2.05, 4.69) is 144 Å². The largest absolute Gasteiger partial charge is 0.248 e. The lowest BCUT2D eigenvalue weighted by Gasteiger charge is -2.62. The first-order chi connectivity index (χ1) is 23.9. The van der Waals surface area contributed by atoms with Crippen LogP contribution in [0.4, 0.5) is 0 Å². The van der Waals surface area contributed by atoms with Crippen LogP contribution in [0.25, 0.3) is 21.8 Å². The first-order valence-corrected chi connectivity index (χ1v) is 20.6. The number of aromatic nitrogens is 2. The summed E-state index contributed by atoms with van der Waals surface area (Å²) in [5, 5.41) is 2.38. The van der Waals surface area contributed by atoms with Crippen molar-refractivity contribution in [2.75, 3.05) is 6.16 Å². The summed E-state index contributed by atoms with van der Waals surface area (Å²) in [6.07, 6.45) is 9.20. The van der Waals surface area contributed by atoms with Crippen molar-refractivity contribution in [2.24, 2.45) is 23.7 Å². The predicted octanol–water partition coefficient (Wildman–Crippen LogP) is 10.3. The number of para-hydroxylation sites is 2. The van der Waals surface area contributed by atoms with Crippen LogP contribution in [-0.4, -0.2) is 16.1 Å². The number of hydrogen-bond acceptors (Lipinski definition) is 2. The summed E-state index contributed by atoms with van der Waals surface area (Å²) in [5.74, 6) is 3.36. The second-order valence-corrected chi connectivity index (χ2v) is 18.3. The molecule has 4 unspecified atom stereocenters. The number of rotatable bonds is 8. The van der Waals surface area contributed by atoms with Gasteiger partial charge in [-0.3, -0.25) is 0 Å². The Balaban J connectivity index is 1.24. The van der Waals surface area contributed by atoms with Crippen molar-refractivity contribution < 1.29 is 0 Å². The van der Waals surface area contributed by atoms with Crippen LogP contribution < -0.4 is 10.9 Å². The van der Waals surface area contributed by atoms with E-state index in [4.69, 9.17) is 9.97 Å². The summed E-state index contributed by atoms with van der Waals surface area (Å²) in [6.45, 7) is 4.80. The quantitative estimate of drug-likeness (QED) is 0.150. The maximum absolute atomic E-state index is 5.39. The molecule has 0 saturated heterocycles. The normalized spacial score (nSPS) is 24.7. The van der Waals surface area contributed by atoms with Crippen LogP contribution in [0.2, 0.25) is 0 Å². The Kier molecular flexibility index (Phi) is 7.98. The van der Waals surface area contributed by atoms with E-state index in [0.29, 0.717) is 0 Å². The third-order valence-electron chi connectivity index (χ3n) is 12.7. The Morgan fingerprint density at radius 1 is 0.673 bits per heavy atom. The lowest BCUT2D eigenvalue weighted by molar-refractivity contribution is -0.0520. The van der Waals surface area contributed by atoms with Gasteiger partial charge in [-0.05, 0) is 114 Å². The zero-order chi connectivity index (χ0) is 33.2. The van der Waals surface area contributed by atoms with Gasteiger partial charge in [-0.2, -0.15) is 0 Å². The minimum atomic E-state index is -0.880. The molecule has 246 valence electrons. The molecule has 2 nitrogen and oxygen atoms in total. The molecule has 10 rings (SSSR count). The number of nitrogens with zero attached hydrogens (tertiary/aromatic N) is 2. The van der Waals surface area contributed by atoms with Crippen LogP contribution in [0.1, 0.15) is 68.2 Å². The van der Waals surface area contributed by atoms with Gasteiger partial charge in [0.2, 0.25) is 0 Å². The van der Waals surface area contributed by atoms with Crippen LogP contribution in [0.15, 0.2) is 121 Å². The molecule has 4 bridgehead atoms. The van der Waals surface area contributed by atoms with E-state index >= 15 is 0 Å². The fraction of sp³-hybridized carbons (Fsp3) is 0.333. The van der Waals surface area contributed by atoms with Gasteiger partial charge < -0.3 is 0 Å². The molecule has 0 aliphatic heterocycles. The summed E-state index contributed by atoms with van der Waals surface area (Å²) >= 11 is 0. The second kappa shape index (κ2) is 12.4. The van der Waals surface area contributed by atoms with Crippen molar-refractivity contribution in [1.29, 1.82) is 0 Å². The highest BCUT2D eigenvalue weighted by molar-refractivity contribution is 7.71. The van der Waals surface area contributed by atoms with E-state index < -0.39 is 7.92 Å². The number of pyridine rings is 2. The molecule has 2 heterocycles. The van der Waals surface area contributed by atoms with Crippen molar-refractivity contribution in [3.8, 4) is 0 Å². The third kappa shape index (κ3) is 5.46. The monoisotopic (exact) mass is 676 g/mol. The van der Waals surface area contributed by atoms with E-state index in [1.54, 1.807) is 5.56 Å². The standard InChI is InChI=1S/C45H46N2P2/c1-44(2,36-12-4-3-5-13-36)37-18-19-38(45-26-30-22-31(27-45)24-34(23-30)39(45)28-48)35(25-37)29-49(42-20-16-32-10-6-8-14-40(32)46-42)43-21-17-33-11-7-9-15-41(33)47-43/h3-21,25,30-31,34,39H,22-24,26-29,48H2,1-2H3. The number of hydrogen-bond donors (Lipinski definition) is 0. The smallest absolute Gasteiger partial charge is 0.0709 e. The molecule has 0 radical (unpaired) electrons. The zero-order valence-electron chi connectivity index (χ0n) is 28.7. The fourth-order valence-corrected chi connectivity index (χ4v) is 13.4. The van der Waals surface area contributed by atoms with Crippen LogP contribution in [-0.2, 0) is 17.0 Å². The zero-order valence-corrected chi connectivity index (χ0v) is 30.8. The van der Waals surface area contributed by atoms with Crippen molar-refractivity contribution in [1.82, 2.24) is 9.97 Å². The summed E-state index contributed by atoms with van der Waals surface area (Å²) in [5.41, 5.74) is 10.6. The van der Waals surface area contributed by atoms with Gasteiger partial charge in [0.1, 0.15) is 0 Å². The van der Waals surface area contributed by atoms with Gasteiger partial charge in [-0.1, -0.05) is 111 Å². The number of benzene rings is 4. The predicted molar refractivity (Wildman–Crippen MR) is 212 cm³/mol. The van der Waals surface area contributed by atoms with Gasteiger partial charge in [0.15, 0.2) is 0 Å². The Hall–Kier alpha value is -3.44. The average Bonchev–Trinajstić information content (AvgIpc) is 3.13. The molecule has 2 aromatic heterocycles. The maximum Gasteiger partial charge on any atom is 0.0709 e. The third-order valence-corrected chi connectivity index (χ3v) is 15.5. The molecule has 0 amide bonds. The van der Waals surface area contributed by atoms with Crippen molar-refractivity contribution in [2.45, 2.75) is 62.9 Å². The molecule has 4 aromatic carbocycles. The highest BCUT2D eigenvalue weighted by Crippen LogP contribution is 2.64. The molecule has 4 fully saturated rings. The number of fused-ring (bicyclic) bond motifs is 2. The van der Waals surface area contributed by atoms with Crippen LogP contribution in [0.3, 0.4) is 0 Å². The molecule has 4 atom stereocenters. The van der Waals surface area contributed by atoms with Gasteiger partial charge >= 0.3 is 0 Å². The van der Waals surface area contributed by atoms with E-state index in [-0.39, 0.29) is 10.8 Å². The molecule has 0 N–H and O–H groups in total. The van der Waals surface area contributed by atoms with Crippen molar-refractivity contribution >= 4 is 49.8 Å². The first kappa shape index (κ1) is 31.5. The van der Waals surface area contributed by atoms with Gasteiger partial charge in [0.05, 0.1) is 21.9 Å². The minimum Gasteiger partial charge on any atom is -0.248 e. The van der Waals surface area contributed by atoms with Crippen LogP contribution in [0, 0.1) is 23.7 Å². The lowest BCUT2D eigenvalue weighted by atomic mass is 9.43. The minimum absolute atomic E-state index is 0.110. The van der Waals surface area contributed by atoms with Crippen molar-refractivity contribution in [3.05, 3.63) is 144 Å². The van der Waals surface area contributed by atoms with Gasteiger partial charge in [0, 0.05) is 30.3 Å². The maximum atomic E-state index is 5.39. The molecule has 0 spiro atoms. The molecular weight excluding hydrogens is 630 g/mol. The Morgan fingerprint density at radius 2 is 1.27 bits per heavy atom. The molecule has 49 heavy (non-hydrogen) atoms. The topological polar surface area (TPSA) is 25.8 Å². The summed E-state index contributed by atoms with van der Waals surface area (Å²) in [7, 11) is 2.31. The molecule has 4 saturated carbocycles. The Bertz CT molecular complexity index is 2060. The average molecular weight is 677 g/mol. The fourth-order valence-electron chi connectivity index (χ4n) is 10.5. The highest BCUT2D eigenvalue weighted by Gasteiger charge is 2.57. The lowest BCUT2D eigenvalue weighted by Crippen LogP contribution is -2.56. The molecular formula is C45H46N2P2. The summed E-state index contributed by atoms with van der Waals surface area (Å²) in [6, 6.07) is 45.0. The second-order valence-electron chi connectivity index (χ2n) is 15.8. The van der Waals surface area contributed by atoms with Crippen LogP contribution in [0.5, 0.6) is 0 Å².